The summed E-state index contributed by atoms with van der Waals surface area (Å²) < 4.78 is 0. The van der Waals surface area contributed by atoms with E-state index in [9.17, 15) is 0 Å². The molecule has 0 heterocycles. The fraction of sp³-hybridized carbons (Fsp3) is 0.727. The summed E-state index contributed by atoms with van der Waals surface area (Å²) in [5.41, 5.74) is 7.07. The molecule has 0 spiro atoms. The van der Waals surface area contributed by atoms with Crippen molar-refractivity contribution in [2.45, 2.75) is 99.8 Å². The molecule has 0 saturated carbocycles. The van der Waals surface area contributed by atoms with Crippen LogP contribution in [0.3, 0.4) is 0 Å². The molecule has 0 saturated heterocycles. The first-order chi connectivity index (χ1) is 13.3. The van der Waals surface area contributed by atoms with Crippen LogP contribution in [0.4, 0.5) is 0 Å². The molecule has 0 aromatic heterocycles. The Hall–Kier alpha value is 2.17. The van der Waals surface area contributed by atoms with Crippen molar-refractivity contribution in [1.29, 1.82) is 0 Å². The van der Waals surface area contributed by atoms with E-state index in [2.05, 4.69) is 90.7 Å². The van der Waals surface area contributed by atoms with Crippen molar-refractivity contribution in [3.05, 3.63) is 34.4 Å². The fourth-order valence-corrected chi connectivity index (χ4v) is 21.9. The zero-order chi connectivity index (χ0) is 23.4. The van der Waals surface area contributed by atoms with Gasteiger partial charge in [0.1, 0.15) is 0 Å². The molecule has 174 valence electrons. The topological polar surface area (TPSA) is 0 Å². The third kappa shape index (κ3) is 14.4. The minimum absolute atomic E-state index is 0.818. The van der Waals surface area contributed by atoms with Gasteiger partial charge in [0.05, 0.1) is 0 Å². The van der Waals surface area contributed by atoms with E-state index in [0.29, 0.717) is 0 Å². The number of benzene rings is 1. The van der Waals surface area contributed by atoms with Crippen molar-refractivity contribution in [2.24, 2.45) is 0 Å². The Bertz CT molecular complexity index is 566. The van der Waals surface area contributed by atoms with E-state index in [4.69, 9.17) is 0 Å². The van der Waals surface area contributed by atoms with Crippen LogP contribution in [0.2, 0.25) is 78.6 Å². The number of hydrogen-bond acceptors (Lipinski definition) is 0. The average molecular weight is 739 g/mol. The summed E-state index contributed by atoms with van der Waals surface area (Å²) in [6.45, 7) is 27.0. The molecule has 30 heavy (non-hydrogen) atoms. The van der Waals surface area contributed by atoms with Gasteiger partial charge in [0.2, 0.25) is 0 Å². The number of hydrogen-bond donors (Lipinski definition) is 0. The molecule has 0 aliphatic rings. The first-order valence-electron chi connectivity index (χ1n) is 11.0. The van der Waals surface area contributed by atoms with Crippen LogP contribution in [-0.2, 0) is 21.3 Å². The maximum absolute atomic E-state index is 2.75. The van der Waals surface area contributed by atoms with Crippen LogP contribution in [0.1, 0.15) is 22.3 Å². The minimum atomic E-state index is -0.946. The van der Waals surface area contributed by atoms with Gasteiger partial charge in [-0.25, -0.2) is 0 Å². The van der Waals surface area contributed by atoms with E-state index in [0.717, 1.165) is 57.3 Å². The molecule has 0 aliphatic carbocycles. The quantitative estimate of drug-likeness (QED) is 0.237. The Morgan fingerprint density at radius 1 is 0.400 bits per heavy atom. The van der Waals surface area contributed by atoms with Crippen molar-refractivity contribution in [3.8, 4) is 0 Å². The van der Waals surface area contributed by atoms with E-state index in [1.807, 2.05) is 0 Å². The molecule has 8 heteroatoms. The molecule has 1 aromatic carbocycles. The molecule has 0 fully saturated rings. The van der Waals surface area contributed by atoms with Gasteiger partial charge >= 0.3 is 218 Å². The third-order valence-electron chi connectivity index (χ3n) is 4.16. The molecule has 0 radical (unpaired) electrons. The Kier molecular flexibility index (Phi) is 12.3. The van der Waals surface area contributed by atoms with Crippen molar-refractivity contribution in [3.63, 3.8) is 0 Å². The van der Waals surface area contributed by atoms with E-state index in [-0.39, 0.29) is 0 Å². The van der Waals surface area contributed by atoms with Crippen LogP contribution < -0.4 is 0 Å². The summed E-state index contributed by atoms with van der Waals surface area (Å²) in [7, 11) is 0. The molecular formula is C22H46Se4Si4. The Balaban J connectivity index is 3.31. The number of rotatable bonds is 12. The summed E-state index contributed by atoms with van der Waals surface area (Å²) in [6.07, 6.45) is 0. The maximum atomic E-state index is 2.75. The zero-order valence-electron chi connectivity index (χ0n) is 21.6. The summed E-state index contributed by atoms with van der Waals surface area (Å²) in [4.78, 5) is 0. The molecule has 0 atom stereocenters. The van der Waals surface area contributed by atoms with Crippen LogP contribution in [0.15, 0.2) is 12.1 Å². The Morgan fingerprint density at radius 3 is 0.700 bits per heavy atom. The van der Waals surface area contributed by atoms with Crippen molar-refractivity contribution in [1.82, 2.24) is 0 Å². The van der Waals surface area contributed by atoms with Crippen LogP contribution in [0, 0.1) is 0 Å². The van der Waals surface area contributed by atoms with Crippen molar-refractivity contribution < 1.29 is 0 Å². The monoisotopic (exact) mass is 742 g/mol. The van der Waals surface area contributed by atoms with Crippen LogP contribution in [0.5, 0.6) is 0 Å². The molecule has 0 bridgehead atoms. The van der Waals surface area contributed by atoms with Gasteiger partial charge in [-0.3, -0.25) is 0 Å². The normalized spacial score (nSPS) is 13.7. The first kappa shape index (κ1) is 30.2. The molecule has 1 aromatic rings. The second-order valence-corrected chi connectivity index (χ2v) is 70.6. The van der Waals surface area contributed by atoms with Gasteiger partial charge in [0.25, 0.3) is 0 Å². The SMILES string of the molecule is C[Si](C)(C)[Se]Cc1cc(C[Se][Si](C)(C)C)c(C[Se][Si](C)(C)C)cc1C[Se][Si](C)(C)C. The van der Waals surface area contributed by atoms with Crippen LogP contribution in [0.25, 0.3) is 0 Å². The van der Waals surface area contributed by atoms with Crippen molar-refractivity contribution >= 4 is 84.0 Å². The predicted molar refractivity (Wildman–Crippen MR) is 158 cm³/mol. The summed E-state index contributed by atoms with van der Waals surface area (Å²) in [5, 5.41) is 5.58. The Labute approximate surface area is 216 Å². The van der Waals surface area contributed by atoms with Crippen LogP contribution in [-0.4, -0.2) is 84.0 Å². The second-order valence-electron chi connectivity index (χ2n) is 12.0. The van der Waals surface area contributed by atoms with E-state index in [1.54, 1.807) is 22.3 Å². The van der Waals surface area contributed by atoms with Gasteiger partial charge < -0.3 is 0 Å². The molecular weight excluding hydrogens is 692 g/mol. The van der Waals surface area contributed by atoms with E-state index >= 15 is 0 Å². The zero-order valence-corrected chi connectivity index (χ0v) is 32.5. The van der Waals surface area contributed by atoms with Gasteiger partial charge in [0, 0.05) is 0 Å². The molecule has 0 unspecified atom stereocenters. The van der Waals surface area contributed by atoms with Gasteiger partial charge in [-0.2, -0.15) is 0 Å². The van der Waals surface area contributed by atoms with Crippen LogP contribution >= 0.6 is 0 Å². The van der Waals surface area contributed by atoms with Crippen molar-refractivity contribution in [2.75, 3.05) is 0 Å². The summed E-state index contributed by atoms with van der Waals surface area (Å²) >= 11 is 3.27. The molecule has 1 rings (SSSR count). The average Bonchev–Trinajstić information content (AvgIpc) is 2.52. The van der Waals surface area contributed by atoms with Gasteiger partial charge in [-0.1, -0.05) is 0 Å². The van der Waals surface area contributed by atoms with E-state index < -0.39 is 26.7 Å². The fourth-order valence-electron chi connectivity index (χ4n) is 2.51. The van der Waals surface area contributed by atoms with Gasteiger partial charge in [-0.15, -0.1) is 0 Å². The predicted octanol–water partition coefficient (Wildman–Crippen LogP) is 5.84. The molecule has 0 N–H and O–H groups in total. The first-order valence-corrected chi connectivity index (χ1v) is 39.8. The van der Waals surface area contributed by atoms with E-state index in [1.165, 1.54) is 21.3 Å². The summed E-state index contributed by atoms with van der Waals surface area (Å²) in [6, 6.07) is 5.49. The second kappa shape index (κ2) is 12.2. The molecule has 0 nitrogen and oxygen atoms in total. The van der Waals surface area contributed by atoms with Gasteiger partial charge in [-0.05, 0) is 0 Å². The molecule has 0 aliphatic heterocycles. The standard InChI is InChI=1S/C22H46Se4Si4/c1-27(2,3)23-15-19-13-21(17-25-29(7,8)9)22(18-26-30(10,11)12)14-20(19)16-24-28(4,5)6/h13-14H,15-18H2,1-12H3. The van der Waals surface area contributed by atoms with Gasteiger partial charge in [0.15, 0.2) is 0 Å². The summed E-state index contributed by atoms with van der Waals surface area (Å²) in [5.74, 6) is 0. The Morgan fingerprint density at radius 2 is 0.567 bits per heavy atom. The third-order valence-corrected chi connectivity index (χ3v) is 36.3. The molecule has 0 amide bonds.